The van der Waals surface area contributed by atoms with Gasteiger partial charge in [0, 0.05) is 22.4 Å². The largest absolute Gasteiger partial charge is 0 e. The van der Waals surface area contributed by atoms with Crippen molar-refractivity contribution < 1.29 is 42.4 Å². The minimum atomic E-state index is -0.976. The molecule has 0 aromatic carbocycles. The minimum absolute atomic E-state index is 0. The Kier molecular flexibility index (Phi) is 5.46. The van der Waals surface area contributed by atoms with Gasteiger partial charge in [0.15, 0.2) is 0 Å². The first-order chi connectivity index (χ1) is 4.66. The predicted molar refractivity (Wildman–Crippen MR) is 33.5 cm³/mol. The van der Waals surface area contributed by atoms with Crippen LogP contribution in [0.2, 0.25) is 0 Å². The summed E-state index contributed by atoms with van der Waals surface area (Å²) in [6, 6.07) is 0. The number of hydrogen-bond donors (Lipinski definition) is 3. The maximum Gasteiger partial charge on any atom is 0 e. The van der Waals surface area contributed by atoms with Crippen molar-refractivity contribution in [1.82, 2.24) is 0 Å². The summed E-state index contributed by atoms with van der Waals surface area (Å²) in [4.78, 5) is 0. The first kappa shape index (κ1) is 12.1. The Labute approximate surface area is 88.3 Å². The standard InChI is InChI=1S/C5H9O4Se.Au/c6-1-2-3(7)4(8)5(10)9-2;/h2-8H,1H2;. The van der Waals surface area contributed by atoms with E-state index in [1.165, 1.54) is 0 Å². The Morgan fingerprint density at radius 2 is 1.82 bits per heavy atom. The van der Waals surface area contributed by atoms with E-state index >= 15 is 0 Å². The van der Waals surface area contributed by atoms with Crippen LogP contribution in [0.4, 0.5) is 0 Å². The third-order valence-corrected chi connectivity index (χ3v) is 2.32. The fourth-order valence-electron chi connectivity index (χ4n) is 0.865. The molecule has 1 saturated heterocycles. The van der Waals surface area contributed by atoms with Crippen LogP contribution in [0.15, 0.2) is 0 Å². The maximum absolute atomic E-state index is 9.07. The van der Waals surface area contributed by atoms with E-state index < -0.39 is 23.3 Å². The van der Waals surface area contributed by atoms with E-state index in [4.69, 9.17) is 20.1 Å². The van der Waals surface area contributed by atoms with Gasteiger partial charge >= 0.3 is 66.0 Å². The summed E-state index contributed by atoms with van der Waals surface area (Å²) in [7, 11) is 0. The molecule has 0 aliphatic carbocycles. The molecule has 1 aliphatic heterocycles. The molecule has 1 rings (SSSR count). The first-order valence-electron chi connectivity index (χ1n) is 2.95. The van der Waals surface area contributed by atoms with Crippen LogP contribution in [-0.2, 0) is 27.1 Å². The summed E-state index contributed by atoms with van der Waals surface area (Å²) in [5, 5.41) is 26.2. The Hall–Kier alpha value is 1.10. The van der Waals surface area contributed by atoms with Crippen LogP contribution < -0.4 is 0 Å². The van der Waals surface area contributed by atoms with Crippen LogP contribution >= 0.6 is 0 Å². The van der Waals surface area contributed by atoms with Gasteiger partial charge in [-0.25, -0.2) is 0 Å². The second-order valence-electron chi connectivity index (χ2n) is 2.21. The molecule has 1 fully saturated rings. The molecule has 4 atom stereocenters. The van der Waals surface area contributed by atoms with Crippen LogP contribution in [0, 0.1) is 0 Å². The zero-order valence-corrected chi connectivity index (χ0v) is 9.36. The van der Waals surface area contributed by atoms with E-state index in [0.717, 1.165) is 0 Å². The zero-order valence-electron chi connectivity index (χ0n) is 5.48. The summed E-state index contributed by atoms with van der Waals surface area (Å²) in [6.07, 6.45) is -2.55. The van der Waals surface area contributed by atoms with Gasteiger partial charge in [0.1, 0.15) is 0 Å². The molecule has 11 heavy (non-hydrogen) atoms. The topological polar surface area (TPSA) is 69.9 Å². The van der Waals surface area contributed by atoms with E-state index in [2.05, 4.69) is 16.0 Å². The number of aliphatic hydroxyl groups excluding tert-OH is 3. The van der Waals surface area contributed by atoms with Gasteiger partial charge in [0.2, 0.25) is 0 Å². The summed E-state index contributed by atoms with van der Waals surface area (Å²) in [6.45, 7) is -0.267. The fourth-order valence-corrected chi connectivity index (χ4v) is 1.50. The molecule has 4 nitrogen and oxygen atoms in total. The monoisotopic (exact) mass is 410 g/mol. The number of aliphatic hydroxyl groups is 3. The normalized spacial score (nSPS) is 43.6. The molecule has 4 unspecified atom stereocenters. The van der Waals surface area contributed by atoms with E-state index in [1.807, 2.05) is 0 Å². The SMILES string of the molecule is OCC1OC([Se])C(O)C1O.[Au]. The predicted octanol–water partition coefficient (Wildman–Crippen LogP) is -2.41. The third kappa shape index (κ3) is 2.52. The summed E-state index contributed by atoms with van der Waals surface area (Å²) < 4.78 is 4.93. The van der Waals surface area contributed by atoms with Gasteiger partial charge < -0.3 is 0 Å². The minimum Gasteiger partial charge on any atom is 0 e. The molecule has 3 N–H and O–H groups in total. The average molecular weight is 409 g/mol. The first-order valence-corrected chi connectivity index (χ1v) is 3.94. The van der Waals surface area contributed by atoms with Gasteiger partial charge in [0.05, 0.1) is 0 Å². The van der Waals surface area contributed by atoms with Crippen molar-refractivity contribution in [3.05, 3.63) is 0 Å². The molecular weight excluding hydrogens is 400 g/mol. The molecule has 0 aromatic heterocycles. The van der Waals surface area contributed by atoms with Crippen LogP contribution in [0.25, 0.3) is 0 Å². The summed E-state index contributed by atoms with van der Waals surface area (Å²) in [5.41, 5.74) is 0. The summed E-state index contributed by atoms with van der Waals surface area (Å²) in [5.74, 6) is 0. The molecule has 0 aromatic rings. The maximum atomic E-state index is 9.07. The Morgan fingerprint density at radius 3 is 2.00 bits per heavy atom. The van der Waals surface area contributed by atoms with Gasteiger partial charge in [-0.15, -0.1) is 0 Å². The van der Waals surface area contributed by atoms with Crippen molar-refractivity contribution in [2.45, 2.75) is 23.3 Å². The quantitative estimate of drug-likeness (QED) is 0.423. The molecule has 0 bridgehead atoms. The smallest absolute Gasteiger partial charge is 0 e. The molecule has 6 heteroatoms. The Bertz CT molecular complexity index is 125. The number of rotatable bonds is 1. The van der Waals surface area contributed by atoms with E-state index in [9.17, 15) is 0 Å². The fraction of sp³-hybridized carbons (Fsp3) is 1.00. The molecule has 0 saturated carbocycles. The van der Waals surface area contributed by atoms with Gasteiger partial charge in [-0.3, -0.25) is 0 Å². The van der Waals surface area contributed by atoms with Gasteiger partial charge in [-0.05, 0) is 0 Å². The van der Waals surface area contributed by atoms with Gasteiger partial charge in [-0.2, -0.15) is 0 Å². The zero-order chi connectivity index (χ0) is 7.72. The van der Waals surface area contributed by atoms with Crippen molar-refractivity contribution in [2.24, 2.45) is 0 Å². The summed E-state index contributed by atoms with van der Waals surface area (Å²) >= 11 is 2.54. The Balaban J connectivity index is 0.000001000. The third-order valence-electron chi connectivity index (χ3n) is 1.50. The molecular formula is C5H9AuO4Se. The number of hydrogen-bond acceptors (Lipinski definition) is 4. The van der Waals surface area contributed by atoms with Crippen molar-refractivity contribution in [3.8, 4) is 0 Å². The van der Waals surface area contributed by atoms with Crippen molar-refractivity contribution in [3.63, 3.8) is 0 Å². The second kappa shape index (κ2) is 4.97. The molecule has 1 heterocycles. The molecule has 1 aliphatic rings. The van der Waals surface area contributed by atoms with Crippen molar-refractivity contribution >= 4 is 16.0 Å². The van der Waals surface area contributed by atoms with Crippen LogP contribution in [0.5, 0.6) is 0 Å². The van der Waals surface area contributed by atoms with Crippen molar-refractivity contribution in [2.75, 3.05) is 6.61 Å². The molecule has 70 valence electrons. The molecule has 0 amide bonds. The molecule has 2 radical (unpaired) electrons. The van der Waals surface area contributed by atoms with E-state index in [0.29, 0.717) is 0 Å². The van der Waals surface area contributed by atoms with Gasteiger partial charge in [-0.1, -0.05) is 0 Å². The van der Waals surface area contributed by atoms with Crippen molar-refractivity contribution in [1.29, 1.82) is 0 Å². The second-order valence-corrected chi connectivity index (χ2v) is 3.18. The average Bonchev–Trinajstić information content (AvgIpc) is 2.17. The number of ether oxygens (including phenoxy) is 1. The molecule has 0 spiro atoms. The van der Waals surface area contributed by atoms with Crippen LogP contribution in [0.1, 0.15) is 0 Å². The Morgan fingerprint density at radius 1 is 1.27 bits per heavy atom. The van der Waals surface area contributed by atoms with Crippen LogP contribution in [-0.4, -0.2) is 61.3 Å². The van der Waals surface area contributed by atoms with E-state index in [1.54, 1.807) is 0 Å². The van der Waals surface area contributed by atoms with E-state index in [-0.39, 0.29) is 29.0 Å². The van der Waals surface area contributed by atoms with Crippen LogP contribution in [0.3, 0.4) is 0 Å². The van der Waals surface area contributed by atoms with Gasteiger partial charge in [0.25, 0.3) is 0 Å².